The quantitative estimate of drug-likeness (QED) is 0.277. The van der Waals surface area contributed by atoms with Crippen LogP contribution in [0.4, 0.5) is 0 Å². The number of hydrogen-bond acceptors (Lipinski definition) is 3. The fourth-order valence-electron chi connectivity index (χ4n) is 4.18. The summed E-state index contributed by atoms with van der Waals surface area (Å²) in [6.45, 7) is 0. The molecule has 2 aromatic heterocycles. The first-order chi connectivity index (χ1) is 15.4. The Bertz CT molecular complexity index is 1500. The van der Waals surface area contributed by atoms with E-state index in [0.29, 0.717) is 0 Å². The van der Waals surface area contributed by atoms with Crippen LogP contribution in [0.25, 0.3) is 43.7 Å². The van der Waals surface area contributed by atoms with Gasteiger partial charge in [0, 0.05) is 38.5 Å². The lowest BCUT2D eigenvalue weighted by Crippen LogP contribution is -1.92. The van der Waals surface area contributed by atoms with Gasteiger partial charge in [-0.25, -0.2) is 4.98 Å². The van der Waals surface area contributed by atoms with Crippen LogP contribution in [0.2, 0.25) is 0 Å². The highest BCUT2D eigenvalue weighted by Crippen LogP contribution is 2.44. The summed E-state index contributed by atoms with van der Waals surface area (Å²) < 4.78 is 0. The first-order valence-electron chi connectivity index (χ1n) is 10.3. The molecule has 6 aromatic rings. The molecule has 0 saturated carbocycles. The minimum Gasteiger partial charge on any atom is -0.264 e. The fraction of sp³-hybridized carbons (Fsp3) is 0. The van der Waals surface area contributed by atoms with Crippen molar-refractivity contribution in [2.75, 3.05) is 0 Å². The normalized spacial score (nSPS) is 11.4. The number of para-hydroxylation sites is 1. The van der Waals surface area contributed by atoms with E-state index in [1.54, 1.807) is 11.8 Å². The van der Waals surface area contributed by atoms with Crippen molar-refractivity contribution in [2.45, 2.75) is 9.79 Å². The highest BCUT2D eigenvalue weighted by atomic mass is 32.2. The average Bonchev–Trinajstić information content (AvgIpc) is 2.84. The highest BCUT2D eigenvalue weighted by molar-refractivity contribution is 7.99. The lowest BCUT2D eigenvalue weighted by atomic mass is 9.95. The van der Waals surface area contributed by atoms with Gasteiger partial charge in [0.2, 0.25) is 0 Å². The molecule has 0 amide bonds. The van der Waals surface area contributed by atoms with Gasteiger partial charge in [0.15, 0.2) is 0 Å². The predicted octanol–water partition coefficient (Wildman–Crippen LogP) is 7.75. The molecule has 0 radical (unpaired) electrons. The Morgan fingerprint density at radius 2 is 1.32 bits per heavy atom. The highest BCUT2D eigenvalue weighted by Gasteiger charge is 2.17. The molecule has 0 aliphatic carbocycles. The third kappa shape index (κ3) is 3.15. The number of nitrogens with zero attached hydrogens (tertiary/aromatic N) is 2. The van der Waals surface area contributed by atoms with Gasteiger partial charge in [-0.15, -0.1) is 0 Å². The Balaban J connectivity index is 1.69. The van der Waals surface area contributed by atoms with Crippen molar-refractivity contribution >= 4 is 44.2 Å². The first-order valence-corrected chi connectivity index (χ1v) is 11.1. The maximum absolute atomic E-state index is 5.02. The molecule has 0 aliphatic rings. The van der Waals surface area contributed by atoms with E-state index in [4.69, 9.17) is 4.98 Å². The van der Waals surface area contributed by atoms with Crippen LogP contribution in [0.15, 0.2) is 119 Å². The number of hydrogen-bond donors (Lipinski definition) is 0. The molecule has 0 unspecified atom stereocenters. The van der Waals surface area contributed by atoms with Crippen LogP contribution in [-0.4, -0.2) is 9.97 Å². The molecule has 6 rings (SSSR count). The minimum atomic E-state index is 0.976. The molecule has 2 nitrogen and oxygen atoms in total. The zero-order valence-corrected chi connectivity index (χ0v) is 17.5. The molecule has 3 heteroatoms. The van der Waals surface area contributed by atoms with Crippen molar-refractivity contribution in [2.24, 2.45) is 0 Å². The van der Waals surface area contributed by atoms with Gasteiger partial charge in [0.25, 0.3) is 0 Å². The molecule has 0 saturated heterocycles. The molecule has 31 heavy (non-hydrogen) atoms. The van der Waals surface area contributed by atoms with Gasteiger partial charge in [-0.1, -0.05) is 78.5 Å². The molecule has 0 fully saturated rings. The monoisotopic (exact) mass is 414 g/mol. The van der Waals surface area contributed by atoms with Crippen molar-refractivity contribution < 1.29 is 0 Å². The number of benzene rings is 4. The van der Waals surface area contributed by atoms with Crippen LogP contribution >= 0.6 is 11.8 Å². The van der Waals surface area contributed by atoms with Gasteiger partial charge in [-0.05, 0) is 46.5 Å². The van der Waals surface area contributed by atoms with Gasteiger partial charge in [-0.3, -0.25) is 4.98 Å². The molecule has 0 atom stereocenters. The van der Waals surface area contributed by atoms with Gasteiger partial charge < -0.3 is 0 Å². The molecule has 2 heterocycles. The molecule has 4 aromatic carbocycles. The Morgan fingerprint density at radius 3 is 2.23 bits per heavy atom. The van der Waals surface area contributed by atoms with Crippen molar-refractivity contribution in [1.82, 2.24) is 9.97 Å². The van der Waals surface area contributed by atoms with E-state index >= 15 is 0 Å². The van der Waals surface area contributed by atoms with Crippen molar-refractivity contribution in [3.05, 3.63) is 109 Å². The third-order valence-electron chi connectivity index (χ3n) is 5.59. The summed E-state index contributed by atoms with van der Waals surface area (Å²) in [7, 11) is 0. The lowest BCUT2D eigenvalue weighted by Gasteiger charge is -2.16. The smallest absolute Gasteiger partial charge is 0.0722 e. The summed E-state index contributed by atoms with van der Waals surface area (Å²) in [5, 5.41) is 5.91. The van der Waals surface area contributed by atoms with E-state index in [9.17, 15) is 0 Å². The average molecular weight is 415 g/mol. The molecule has 0 bridgehead atoms. The summed E-state index contributed by atoms with van der Waals surface area (Å²) in [6, 6.07) is 33.8. The van der Waals surface area contributed by atoms with Crippen LogP contribution in [0.1, 0.15) is 0 Å². The molecular formula is C28H18N2S. The van der Waals surface area contributed by atoms with Crippen LogP contribution < -0.4 is 0 Å². The minimum absolute atomic E-state index is 0.976. The standard InChI is InChI=1S/C28H18N2S/c1-2-9-20(10-3-1)31-28-22-12-6-5-11-21(22)27(24-18-29-17-16-23(24)28)26-15-14-19-8-4-7-13-25(19)30-26/h1-18H. The SMILES string of the molecule is c1ccc(Sc2c3ccccc3c(-c3ccc4ccccc4n3)c3cnccc23)cc1. The molecular weight excluding hydrogens is 396 g/mol. The largest absolute Gasteiger partial charge is 0.264 e. The van der Waals surface area contributed by atoms with E-state index in [2.05, 4.69) is 89.9 Å². The molecule has 0 aliphatic heterocycles. The van der Waals surface area contributed by atoms with Crippen molar-refractivity contribution in [3.8, 4) is 11.3 Å². The van der Waals surface area contributed by atoms with Gasteiger partial charge in [0.1, 0.15) is 0 Å². The van der Waals surface area contributed by atoms with E-state index < -0.39 is 0 Å². The van der Waals surface area contributed by atoms with Gasteiger partial charge >= 0.3 is 0 Å². The summed E-state index contributed by atoms with van der Waals surface area (Å²) in [6.07, 6.45) is 3.85. The number of rotatable bonds is 3. The molecule has 146 valence electrons. The Hall–Kier alpha value is -3.69. The van der Waals surface area contributed by atoms with Crippen LogP contribution in [0, 0.1) is 0 Å². The zero-order chi connectivity index (χ0) is 20.6. The van der Waals surface area contributed by atoms with E-state index in [-0.39, 0.29) is 0 Å². The Labute approximate surface area is 184 Å². The van der Waals surface area contributed by atoms with E-state index in [1.807, 2.05) is 24.5 Å². The molecule has 0 N–H and O–H groups in total. The second-order valence-corrected chi connectivity index (χ2v) is 8.56. The Kier molecular flexibility index (Phi) is 4.40. The zero-order valence-electron chi connectivity index (χ0n) is 16.7. The fourth-order valence-corrected chi connectivity index (χ4v) is 5.28. The summed E-state index contributed by atoms with van der Waals surface area (Å²) in [4.78, 5) is 12.0. The number of aromatic nitrogens is 2. The second kappa shape index (κ2) is 7.53. The van der Waals surface area contributed by atoms with Crippen LogP contribution in [0.5, 0.6) is 0 Å². The maximum Gasteiger partial charge on any atom is 0.0722 e. The van der Waals surface area contributed by atoms with Gasteiger partial charge in [0.05, 0.1) is 11.2 Å². The lowest BCUT2D eigenvalue weighted by molar-refractivity contribution is 1.35. The van der Waals surface area contributed by atoms with Crippen LogP contribution in [-0.2, 0) is 0 Å². The number of pyridine rings is 2. The topological polar surface area (TPSA) is 25.8 Å². The predicted molar refractivity (Wildman–Crippen MR) is 131 cm³/mol. The van der Waals surface area contributed by atoms with E-state index in [1.165, 1.54) is 25.9 Å². The summed E-state index contributed by atoms with van der Waals surface area (Å²) >= 11 is 1.80. The first kappa shape index (κ1) is 18.1. The summed E-state index contributed by atoms with van der Waals surface area (Å²) in [5.41, 5.74) is 3.12. The second-order valence-electron chi connectivity index (χ2n) is 7.48. The third-order valence-corrected chi connectivity index (χ3v) is 6.75. The maximum atomic E-state index is 5.02. The molecule has 0 spiro atoms. The van der Waals surface area contributed by atoms with Crippen molar-refractivity contribution in [1.29, 1.82) is 0 Å². The van der Waals surface area contributed by atoms with Crippen LogP contribution in [0.3, 0.4) is 0 Å². The summed E-state index contributed by atoms with van der Waals surface area (Å²) in [5.74, 6) is 0. The van der Waals surface area contributed by atoms with E-state index in [0.717, 1.165) is 27.5 Å². The number of fused-ring (bicyclic) bond motifs is 3. The van der Waals surface area contributed by atoms with Gasteiger partial charge in [-0.2, -0.15) is 0 Å². The van der Waals surface area contributed by atoms with Crippen molar-refractivity contribution in [3.63, 3.8) is 0 Å². The Morgan fingerprint density at radius 1 is 0.581 bits per heavy atom.